The molecular weight excluding hydrogens is 458 g/mol. The van der Waals surface area contributed by atoms with Gasteiger partial charge in [0.2, 0.25) is 0 Å². The summed E-state index contributed by atoms with van der Waals surface area (Å²) in [5.41, 5.74) is 14.6. The summed E-state index contributed by atoms with van der Waals surface area (Å²) in [5.74, 6) is 0. The predicted octanol–water partition coefficient (Wildman–Crippen LogP) is 9.33. The average molecular weight is 488 g/mol. The molecule has 1 heteroatoms. The van der Waals surface area contributed by atoms with Crippen LogP contribution < -0.4 is 0 Å². The molecule has 4 aromatic carbocycles. The van der Waals surface area contributed by atoms with Gasteiger partial charge in [-0.1, -0.05) is 99.7 Å². The highest BCUT2D eigenvalue weighted by molar-refractivity contribution is 6.02. The minimum atomic E-state index is -0.0806. The van der Waals surface area contributed by atoms with Crippen LogP contribution >= 0.6 is 0 Å². The van der Waals surface area contributed by atoms with E-state index in [1.54, 1.807) is 0 Å². The fourth-order valence-electron chi connectivity index (χ4n) is 7.19. The average Bonchev–Trinajstić information content (AvgIpc) is 3.18. The first-order valence-electron chi connectivity index (χ1n) is 13.6. The maximum absolute atomic E-state index is 4.60. The van der Waals surface area contributed by atoms with E-state index in [1.165, 1.54) is 66.4 Å². The van der Waals surface area contributed by atoms with Crippen molar-refractivity contribution < 1.29 is 0 Å². The minimum Gasteiger partial charge on any atom is -0.256 e. The highest BCUT2D eigenvalue weighted by Gasteiger charge is 2.38. The van der Waals surface area contributed by atoms with Crippen LogP contribution in [0.25, 0.3) is 44.8 Å². The van der Waals surface area contributed by atoms with Gasteiger partial charge < -0.3 is 0 Å². The molecule has 1 unspecified atom stereocenters. The van der Waals surface area contributed by atoms with E-state index in [9.17, 15) is 0 Å². The molecule has 0 spiro atoms. The summed E-state index contributed by atoms with van der Waals surface area (Å²) in [5, 5.41) is 2.77. The third-order valence-electron chi connectivity index (χ3n) is 9.25. The van der Waals surface area contributed by atoms with Crippen LogP contribution in [0.1, 0.15) is 60.6 Å². The second kappa shape index (κ2) is 7.42. The van der Waals surface area contributed by atoms with Crippen molar-refractivity contribution >= 4 is 22.4 Å². The van der Waals surface area contributed by atoms with Crippen LogP contribution in [0.4, 0.5) is 0 Å². The molecule has 1 aromatic heterocycles. The van der Waals surface area contributed by atoms with Crippen LogP contribution in [-0.4, -0.2) is 4.98 Å². The molecule has 0 N–H and O–H groups in total. The van der Waals surface area contributed by atoms with E-state index in [0.717, 1.165) is 12.1 Å². The first-order valence-corrected chi connectivity index (χ1v) is 13.6. The predicted molar refractivity (Wildman–Crippen MR) is 159 cm³/mol. The second-order valence-corrected chi connectivity index (χ2v) is 11.9. The Balaban J connectivity index is 1.27. The Hall–Kier alpha value is -4.23. The zero-order chi connectivity index (χ0) is 25.6. The smallest absolute Gasteiger partial charge is 0.0702 e. The molecule has 1 atom stereocenters. The number of pyridine rings is 1. The molecule has 0 saturated carbocycles. The quantitative estimate of drug-likeness (QED) is 0.242. The van der Waals surface area contributed by atoms with Crippen molar-refractivity contribution in [1.82, 2.24) is 4.98 Å². The highest BCUT2D eigenvalue weighted by Crippen LogP contribution is 2.52. The van der Waals surface area contributed by atoms with Crippen LogP contribution in [0, 0.1) is 0 Å². The van der Waals surface area contributed by atoms with Gasteiger partial charge in [0, 0.05) is 22.6 Å². The zero-order valence-corrected chi connectivity index (χ0v) is 22.0. The number of nitrogens with zero attached hydrogens (tertiary/aromatic N) is 1. The van der Waals surface area contributed by atoms with Crippen LogP contribution in [0.15, 0.2) is 103 Å². The van der Waals surface area contributed by atoms with Crippen molar-refractivity contribution in [3.05, 3.63) is 137 Å². The standard InChI is InChI=1S/C37H29N/c1-36(2)31-21-25(11-13-28(31)29-14-12-26(22-32(29)36)33-9-4-5-20-38-33)27-17-19-37(3)18-16-24-8-6-7-23-10-15-30(27)35(37)34(23)24/h4-18,20-22H,19H2,1-3H3. The summed E-state index contributed by atoms with van der Waals surface area (Å²) in [4.78, 5) is 4.60. The molecular formula is C37H29N. The molecule has 3 aliphatic carbocycles. The molecule has 1 nitrogen and oxygen atoms in total. The Morgan fingerprint density at radius 3 is 2.26 bits per heavy atom. The Morgan fingerprint density at radius 1 is 0.711 bits per heavy atom. The maximum atomic E-state index is 4.60. The van der Waals surface area contributed by atoms with Crippen molar-refractivity contribution in [1.29, 1.82) is 0 Å². The maximum Gasteiger partial charge on any atom is 0.0702 e. The molecule has 5 aromatic rings. The Kier molecular flexibility index (Phi) is 4.26. The van der Waals surface area contributed by atoms with Gasteiger partial charge in [0.05, 0.1) is 5.69 Å². The fourth-order valence-corrected chi connectivity index (χ4v) is 7.19. The number of aromatic nitrogens is 1. The third kappa shape index (κ3) is 2.85. The lowest BCUT2D eigenvalue weighted by molar-refractivity contribution is 0.603. The third-order valence-corrected chi connectivity index (χ3v) is 9.25. The largest absolute Gasteiger partial charge is 0.256 e. The lowest BCUT2D eigenvalue weighted by atomic mass is 9.66. The van der Waals surface area contributed by atoms with Crippen LogP contribution in [0.2, 0.25) is 0 Å². The van der Waals surface area contributed by atoms with Crippen LogP contribution in [0.5, 0.6) is 0 Å². The van der Waals surface area contributed by atoms with Gasteiger partial charge in [-0.25, -0.2) is 0 Å². The number of hydrogen-bond acceptors (Lipinski definition) is 1. The molecule has 182 valence electrons. The zero-order valence-electron chi connectivity index (χ0n) is 22.0. The van der Waals surface area contributed by atoms with E-state index >= 15 is 0 Å². The SMILES string of the molecule is CC12C=Cc3cccc4ccc(c1c34)C(c1ccc3c(c1)C(C)(C)c1cc(-c4ccccn4)ccc1-3)=CC2. The van der Waals surface area contributed by atoms with Gasteiger partial charge >= 0.3 is 0 Å². The molecule has 0 fully saturated rings. The van der Waals surface area contributed by atoms with Crippen molar-refractivity contribution in [2.24, 2.45) is 0 Å². The summed E-state index contributed by atoms with van der Waals surface area (Å²) in [7, 11) is 0. The van der Waals surface area contributed by atoms with E-state index in [2.05, 4.69) is 123 Å². The number of hydrogen-bond donors (Lipinski definition) is 0. The van der Waals surface area contributed by atoms with Gasteiger partial charge in [-0.05, 0) is 91.5 Å². The summed E-state index contributed by atoms with van der Waals surface area (Å²) >= 11 is 0. The van der Waals surface area contributed by atoms with Gasteiger partial charge in [-0.15, -0.1) is 0 Å². The monoisotopic (exact) mass is 487 g/mol. The van der Waals surface area contributed by atoms with Gasteiger partial charge in [-0.3, -0.25) is 4.98 Å². The first kappa shape index (κ1) is 21.8. The lowest BCUT2D eigenvalue weighted by Crippen LogP contribution is -2.26. The summed E-state index contributed by atoms with van der Waals surface area (Å²) in [6.45, 7) is 7.13. The van der Waals surface area contributed by atoms with Crippen LogP contribution in [-0.2, 0) is 10.8 Å². The summed E-state index contributed by atoms with van der Waals surface area (Å²) in [6, 6.07) is 31.5. The Labute approximate surface area is 224 Å². The highest BCUT2D eigenvalue weighted by atomic mass is 14.7. The minimum absolute atomic E-state index is 0.0425. The van der Waals surface area contributed by atoms with E-state index in [0.29, 0.717) is 0 Å². The number of allylic oxidation sites excluding steroid dienone is 2. The number of rotatable bonds is 2. The Morgan fingerprint density at radius 2 is 1.47 bits per heavy atom. The van der Waals surface area contributed by atoms with E-state index in [4.69, 9.17) is 0 Å². The molecule has 0 saturated heterocycles. The number of benzene rings is 4. The normalized spacial score (nSPS) is 19.7. The van der Waals surface area contributed by atoms with E-state index < -0.39 is 0 Å². The van der Waals surface area contributed by atoms with Gasteiger partial charge in [0.25, 0.3) is 0 Å². The first-order chi connectivity index (χ1) is 18.4. The lowest BCUT2D eigenvalue weighted by Gasteiger charge is -2.37. The second-order valence-electron chi connectivity index (χ2n) is 11.9. The van der Waals surface area contributed by atoms with Crippen LogP contribution in [0.3, 0.4) is 0 Å². The summed E-state index contributed by atoms with van der Waals surface area (Å²) < 4.78 is 0. The molecule has 8 rings (SSSR count). The molecule has 1 heterocycles. The molecule has 0 radical (unpaired) electrons. The van der Waals surface area contributed by atoms with Gasteiger partial charge in [0.15, 0.2) is 0 Å². The fraction of sp³-hybridized carbons (Fsp3) is 0.162. The van der Waals surface area contributed by atoms with E-state index in [-0.39, 0.29) is 10.8 Å². The molecule has 3 aliphatic rings. The molecule has 0 amide bonds. The molecule has 38 heavy (non-hydrogen) atoms. The molecule has 0 bridgehead atoms. The van der Waals surface area contributed by atoms with Crippen molar-refractivity contribution in [3.8, 4) is 22.4 Å². The number of fused-ring (bicyclic) bond motifs is 3. The van der Waals surface area contributed by atoms with Gasteiger partial charge in [-0.2, -0.15) is 0 Å². The van der Waals surface area contributed by atoms with Crippen molar-refractivity contribution in [3.63, 3.8) is 0 Å². The Bertz CT molecular complexity index is 1870. The van der Waals surface area contributed by atoms with E-state index in [1.807, 2.05) is 12.3 Å². The summed E-state index contributed by atoms with van der Waals surface area (Å²) in [6.07, 6.45) is 10.1. The topological polar surface area (TPSA) is 12.9 Å². The van der Waals surface area contributed by atoms with Gasteiger partial charge in [0.1, 0.15) is 0 Å². The molecule has 0 aliphatic heterocycles. The van der Waals surface area contributed by atoms with Crippen molar-refractivity contribution in [2.45, 2.75) is 38.0 Å². The van der Waals surface area contributed by atoms with Crippen molar-refractivity contribution in [2.75, 3.05) is 0 Å².